The first kappa shape index (κ1) is 23.1. The number of phenols is 1. The summed E-state index contributed by atoms with van der Waals surface area (Å²) >= 11 is 5.42. The fourth-order valence-corrected chi connectivity index (χ4v) is 3.91. The number of hydrogen-bond donors (Lipinski definition) is 2. The van der Waals surface area contributed by atoms with Gasteiger partial charge in [-0.15, -0.1) is 0 Å². The molecule has 0 radical (unpaired) electrons. The van der Waals surface area contributed by atoms with Crippen molar-refractivity contribution in [1.29, 1.82) is 0 Å². The lowest BCUT2D eigenvalue weighted by Gasteiger charge is -2.14. The highest BCUT2D eigenvalue weighted by Gasteiger charge is 2.36. The van der Waals surface area contributed by atoms with Gasteiger partial charge >= 0.3 is 0 Å². The van der Waals surface area contributed by atoms with E-state index in [0.29, 0.717) is 28.3 Å². The van der Waals surface area contributed by atoms with Gasteiger partial charge in [-0.3, -0.25) is 9.69 Å². The van der Waals surface area contributed by atoms with E-state index in [4.69, 9.17) is 12.2 Å². The number of phenolic OH excluding ortho intramolecular Hbond substituents is 1. The number of nitrogens with zero attached hydrogens (tertiary/aromatic N) is 1. The third-order valence-electron chi connectivity index (χ3n) is 5.46. The van der Waals surface area contributed by atoms with Gasteiger partial charge in [-0.05, 0) is 60.6 Å². The molecule has 0 spiro atoms. The van der Waals surface area contributed by atoms with Crippen molar-refractivity contribution >= 4 is 23.2 Å². The molecule has 168 valence electrons. The third kappa shape index (κ3) is 5.29. The van der Waals surface area contributed by atoms with Crippen molar-refractivity contribution in [3.8, 4) is 29.4 Å². The van der Waals surface area contributed by atoms with Crippen LogP contribution in [0.4, 0.5) is 0 Å². The summed E-state index contributed by atoms with van der Waals surface area (Å²) in [6.45, 7) is 2.65. The summed E-state index contributed by atoms with van der Waals surface area (Å²) in [5, 5.41) is 14.5. The third-order valence-corrected chi connectivity index (χ3v) is 5.80. The van der Waals surface area contributed by atoms with E-state index in [-0.39, 0.29) is 11.7 Å². The number of carbonyl (C=O) groups excluding carboxylic acids is 1. The van der Waals surface area contributed by atoms with Crippen LogP contribution < -0.4 is 5.32 Å². The second kappa shape index (κ2) is 10.7. The zero-order chi connectivity index (χ0) is 23.9. The van der Waals surface area contributed by atoms with E-state index in [9.17, 15) is 9.90 Å². The molecule has 2 N–H and O–H groups in total. The minimum absolute atomic E-state index is 0.00789. The van der Waals surface area contributed by atoms with Gasteiger partial charge in [0.25, 0.3) is 5.91 Å². The fourth-order valence-electron chi connectivity index (χ4n) is 3.61. The number of benzene rings is 3. The Labute approximate surface area is 205 Å². The van der Waals surface area contributed by atoms with E-state index in [1.165, 1.54) is 0 Å². The van der Waals surface area contributed by atoms with Crippen LogP contribution in [0.25, 0.3) is 0 Å². The Morgan fingerprint density at radius 3 is 1.94 bits per heavy atom. The van der Waals surface area contributed by atoms with Crippen LogP contribution in [0.3, 0.4) is 0 Å². The summed E-state index contributed by atoms with van der Waals surface area (Å²) in [5.41, 5.74) is 3.13. The molecule has 1 fully saturated rings. The summed E-state index contributed by atoms with van der Waals surface area (Å²) in [6.07, 6.45) is 1.84. The smallest absolute Gasteiger partial charge is 0.255 e. The number of carbonyl (C=O) groups is 1. The first-order chi connectivity index (χ1) is 16.6. The molecule has 1 saturated heterocycles. The summed E-state index contributed by atoms with van der Waals surface area (Å²) in [7, 11) is 0. The molecule has 3 aromatic rings. The fraction of sp³-hybridized carbons (Fsp3) is 0.172. The first-order valence-corrected chi connectivity index (χ1v) is 11.6. The van der Waals surface area contributed by atoms with Crippen LogP contribution in [0, 0.1) is 23.7 Å². The Morgan fingerprint density at radius 2 is 1.44 bits per heavy atom. The number of aromatic hydroxyl groups is 1. The zero-order valence-corrected chi connectivity index (χ0v) is 19.7. The van der Waals surface area contributed by atoms with E-state index >= 15 is 0 Å². The van der Waals surface area contributed by atoms with E-state index in [2.05, 4.69) is 35.9 Å². The van der Waals surface area contributed by atoms with Crippen LogP contribution in [0.2, 0.25) is 0 Å². The molecule has 0 aromatic heterocycles. The van der Waals surface area contributed by atoms with Crippen molar-refractivity contribution in [3.63, 3.8) is 0 Å². The van der Waals surface area contributed by atoms with Gasteiger partial charge in [0.1, 0.15) is 11.8 Å². The quantitative estimate of drug-likeness (QED) is 0.432. The maximum Gasteiger partial charge on any atom is 0.255 e. The summed E-state index contributed by atoms with van der Waals surface area (Å²) in [6, 6.07) is 21.9. The molecule has 1 heterocycles. The Bertz CT molecular complexity index is 1250. The molecule has 1 aliphatic rings. The van der Waals surface area contributed by atoms with Gasteiger partial charge in [-0.25, -0.2) is 0 Å². The summed E-state index contributed by atoms with van der Waals surface area (Å²) in [4.78, 5) is 14.7. The molecule has 0 bridgehead atoms. The minimum Gasteiger partial charge on any atom is -0.505 e. The minimum atomic E-state index is -0.639. The average Bonchev–Trinajstić information content (AvgIpc) is 3.15. The largest absolute Gasteiger partial charge is 0.505 e. The van der Waals surface area contributed by atoms with Gasteiger partial charge < -0.3 is 10.4 Å². The number of hydrogen-bond acceptors (Lipinski definition) is 3. The second-order valence-corrected chi connectivity index (χ2v) is 8.31. The highest BCUT2D eigenvalue weighted by atomic mass is 32.1. The van der Waals surface area contributed by atoms with Crippen LogP contribution in [-0.2, 0) is 4.79 Å². The SMILES string of the molecule is CCCCN1C(=O)C(c2cc(C#Cc3ccccc3)c(O)c(C#Cc3ccccc3)c2)NC1=S. The van der Waals surface area contributed by atoms with Crippen molar-refractivity contribution in [1.82, 2.24) is 10.2 Å². The first-order valence-electron chi connectivity index (χ1n) is 11.2. The maximum absolute atomic E-state index is 13.1. The monoisotopic (exact) mass is 464 g/mol. The molecule has 4 rings (SSSR count). The van der Waals surface area contributed by atoms with Gasteiger partial charge in [-0.1, -0.05) is 73.4 Å². The number of amides is 1. The van der Waals surface area contributed by atoms with Gasteiger partial charge in [0.05, 0.1) is 11.1 Å². The average molecular weight is 465 g/mol. The highest BCUT2D eigenvalue weighted by Crippen LogP contribution is 2.30. The van der Waals surface area contributed by atoms with Crippen LogP contribution in [0.5, 0.6) is 5.75 Å². The highest BCUT2D eigenvalue weighted by molar-refractivity contribution is 7.80. The molecule has 0 aliphatic carbocycles. The molecule has 3 aromatic carbocycles. The predicted octanol–water partition coefficient (Wildman–Crippen LogP) is 4.75. The molecule has 34 heavy (non-hydrogen) atoms. The van der Waals surface area contributed by atoms with Gasteiger partial charge in [0.15, 0.2) is 5.11 Å². The second-order valence-electron chi connectivity index (χ2n) is 7.92. The van der Waals surface area contributed by atoms with E-state index in [1.54, 1.807) is 17.0 Å². The molecule has 1 atom stereocenters. The molecule has 1 amide bonds. The lowest BCUT2D eigenvalue weighted by Crippen LogP contribution is -2.31. The molecular weight excluding hydrogens is 440 g/mol. The lowest BCUT2D eigenvalue weighted by molar-refractivity contribution is -0.127. The summed E-state index contributed by atoms with van der Waals surface area (Å²) < 4.78 is 0. The van der Waals surface area contributed by atoms with Crippen LogP contribution in [-0.4, -0.2) is 27.6 Å². The van der Waals surface area contributed by atoms with Crippen molar-refractivity contribution in [2.24, 2.45) is 0 Å². The van der Waals surface area contributed by atoms with Crippen LogP contribution in [0.1, 0.15) is 53.6 Å². The Kier molecular flexibility index (Phi) is 7.28. The molecule has 5 heteroatoms. The van der Waals surface area contributed by atoms with Crippen LogP contribution in [0.15, 0.2) is 72.8 Å². The lowest BCUT2D eigenvalue weighted by atomic mass is 9.98. The van der Waals surface area contributed by atoms with Gasteiger partial charge in [0, 0.05) is 17.7 Å². The van der Waals surface area contributed by atoms with Crippen molar-refractivity contribution < 1.29 is 9.90 Å². The molecular formula is C29H24N2O2S. The molecule has 0 saturated carbocycles. The Morgan fingerprint density at radius 1 is 0.912 bits per heavy atom. The van der Waals surface area contributed by atoms with E-state index in [1.807, 2.05) is 60.7 Å². The van der Waals surface area contributed by atoms with E-state index in [0.717, 1.165) is 24.0 Å². The Hall–Kier alpha value is -4.06. The number of thiocarbonyl (C=S) groups is 1. The van der Waals surface area contributed by atoms with Gasteiger partial charge in [-0.2, -0.15) is 0 Å². The maximum atomic E-state index is 13.1. The number of rotatable bonds is 4. The number of unbranched alkanes of at least 4 members (excludes halogenated alkanes) is 1. The van der Waals surface area contributed by atoms with Crippen molar-refractivity contribution in [2.45, 2.75) is 25.8 Å². The van der Waals surface area contributed by atoms with Crippen molar-refractivity contribution in [3.05, 3.63) is 101 Å². The zero-order valence-electron chi connectivity index (χ0n) is 18.8. The Balaban J connectivity index is 1.76. The van der Waals surface area contributed by atoms with E-state index < -0.39 is 6.04 Å². The molecule has 4 nitrogen and oxygen atoms in total. The van der Waals surface area contributed by atoms with Crippen molar-refractivity contribution in [2.75, 3.05) is 6.54 Å². The van der Waals surface area contributed by atoms with Crippen LogP contribution >= 0.6 is 12.2 Å². The van der Waals surface area contributed by atoms with Gasteiger partial charge in [0.2, 0.25) is 0 Å². The number of nitrogens with one attached hydrogen (secondary N) is 1. The molecule has 1 unspecified atom stereocenters. The molecule has 1 aliphatic heterocycles. The topological polar surface area (TPSA) is 52.6 Å². The predicted molar refractivity (Wildman–Crippen MR) is 138 cm³/mol. The summed E-state index contributed by atoms with van der Waals surface area (Å²) in [5.74, 6) is 12.1. The standard InChI is InChI=1S/C29H24N2O2S/c1-2-3-18-31-28(33)26(30-29(31)34)25-19-23(16-14-21-10-6-4-7-11-21)27(32)24(20-25)17-15-22-12-8-5-9-13-22/h4-13,19-20,26,32H,2-3,18H2,1H3,(H,30,34). The normalized spacial score (nSPS) is 14.6.